The Morgan fingerprint density at radius 2 is 1.82 bits per heavy atom. The predicted molar refractivity (Wildman–Crippen MR) is 124 cm³/mol. The summed E-state index contributed by atoms with van der Waals surface area (Å²) in [5.41, 5.74) is 2.78. The van der Waals surface area contributed by atoms with Crippen molar-refractivity contribution < 1.29 is 28.6 Å². The molecule has 8 nitrogen and oxygen atoms in total. The number of aliphatic carboxylic acids is 1. The van der Waals surface area contributed by atoms with Crippen LogP contribution in [0, 0.1) is 6.92 Å². The van der Waals surface area contributed by atoms with Crippen molar-refractivity contribution >= 4 is 11.7 Å². The van der Waals surface area contributed by atoms with Crippen LogP contribution in [0.5, 0.6) is 5.75 Å². The van der Waals surface area contributed by atoms with E-state index in [1.54, 1.807) is 19.1 Å². The van der Waals surface area contributed by atoms with E-state index in [1.165, 1.54) is 0 Å². The van der Waals surface area contributed by atoms with E-state index in [-0.39, 0.29) is 13.0 Å². The molecule has 1 unspecified atom stereocenters. The topological polar surface area (TPSA) is 103 Å². The molecule has 1 heterocycles. The van der Waals surface area contributed by atoms with Gasteiger partial charge < -0.3 is 23.8 Å². The number of oxazole rings is 1. The normalized spacial score (nSPS) is 12.4. The molecule has 0 radical (unpaired) electrons. The molecule has 3 rings (SSSR count). The standard InChI is InChI=1S/C25H28N2O6/c1-4-30-22(25(28)29)15-18-11-13-20(14-12-18)31-16-21(27-32-5-2)23-17(3)33-24(26-23)19-9-7-6-8-10-19/h6-14,22H,4-5,15-16H2,1-3H3,(H,28,29)/b27-21+. The maximum Gasteiger partial charge on any atom is 0.333 e. The zero-order valence-electron chi connectivity index (χ0n) is 19.0. The van der Waals surface area contributed by atoms with Gasteiger partial charge in [0.15, 0.2) is 6.10 Å². The third-order valence-electron chi connectivity index (χ3n) is 4.76. The van der Waals surface area contributed by atoms with Crippen molar-refractivity contribution in [3.05, 3.63) is 71.6 Å². The summed E-state index contributed by atoms with van der Waals surface area (Å²) in [6.45, 7) is 6.31. The highest BCUT2D eigenvalue weighted by atomic mass is 16.6. The van der Waals surface area contributed by atoms with Gasteiger partial charge in [-0.3, -0.25) is 0 Å². The van der Waals surface area contributed by atoms with Crippen LogP contribution in [0.2, 0.25) is 0 Å². The molecule has 0 fully saturated rings. The number of carboxylic acids is 1. The molecule has 1 N–H and O–H groups in total. The maximum absolute atomic E-state index is 11.3. The summed E-state index contributed by atoms with van der Waals surface area (Å²) in [6, 6.07) is 16.8. The summed E-state index contributed by atoms with van der Waals surface area (Å²) in [6.07, 6.45) is -0.596. The number of carboxylic acid groups (broad SMARTS) is 1. The lowest BCUT2D eigenvalue weighted by molar-refractivity contribution is -0.149. The first-order chi connectivity index (χ1) is 16.0. The van der Waals surface area contributed by atoms with Crippen molar-refractivity contribution in [2.75, 3.05) is 19.8 Å². The summed E-state index contributed by atoms with van der Waals surface area (Å²) in [7, 11) is 0. The van der Waals surface area contributed by atoms with Gasteiger partial charge in [0.05, 0.1) is 0 Å². The highest BCUT2D eigenvalue weighted by Crippen LogP contribution is 2.22. The van der Waals surface area contributed by atoms with Crippen LogP contribution < -0.4 is 4.74 Å². The first-order valence-electron chi connectivity index (χ1n) is 10.8. The SMILES string of the molecule is CCO/N=C(\COc1ccc(CC(OCC)C(=O)O)cc1)c1nc(-c2ccccc2)oc1C. The summed E-state index contributed by atoms with van der Waals surface area (Å²) >= 11 is 0. The molecule has 1 aromatic heterocycles. The zero-order valence-corrected chi connectivity index (χ0v) is 19.0. The van der Waals surface area contributed by atoms with Crippen LogP contribution in [0.25, 0.3) is 11.5 Å². The van der Waals surface area contributed by atoms with Gasteiger partial charge in [0.1, 0.15) is 36.1 Å². The lowest BCUT2D eigenvalue weighted by Crippen LogP contribution is -2.26. The van der Waals surface area contributed by atoms with Crippen LogP contribution in [0.1, 0.15) is 30.9 Å². The van der Waals surface area contributed by atoms with E-state index in [1.807, 2.05) is 56.3 Å². The number of hydrogen-bond donors (Lipinski definition) is 1. The zero-order chi connectivity index (χ0) is 23.6. The number of oxime groups is 1. The minimum Gasteiger partial charge on any atom is -0.487 e. The number of nitrogens with zero attached hydrogens (tertiary/aromatic N) is 2. The Balaban J connectivity index is 1.71. The molecule has 1 atom stereocenters. The smallest absolute Gasteiger partial charge is 0.333 e. The molecule has 174 valence electrons. The van der Waals surface area contributed by atoms with E-state index in [0.717, 1.165) is 11.1 Å². The number of aromatic nitrogens is 1. The Morgan fingerprint density at radius 3 is 2.45 bits per heavy atom. The van der Waals surface area contributed by atoms with Crippen LogP contribution in [0.15, 0.2) is 64.2 Å². The lowest BCUT2D eigenvalue weighted by atomic mass is 10.1. The Morgan fingerprint density at radius 1 is 1.09 bits per heavy atom. The van der Waals surface area contributed by atoms with Crippen molar-refractivity contribution in [1.29, 1.82) is 0 Å². The minimum atomic E-state index is -0.980. The molecular formula is C25H28N2O6. The molecule has 0 aliphatic carbocycles. The number of benzene rings is 2. The molecule has 3 aromatic rings. The third kappa shape index (κ3) is 6.66. The fourth-order valence-electron chi connectivity index (χ4n) is 3.16. The number of ether oxygens (including phenoxy) is 2. The van der Waals surface area contributed by atoms with Crippen molar-refractivity contribution in [1.82, 2.24) is 4.98 Å². The summed E-state index contributed by atoms with van der Waals surface area (Å²) < 4.78 is 17.0. The predicted octanol–water partition coefficient (Wildman–Crippen LogP) is 4.50. The Hall–Kier alpha value is -3.65. The fourth-order valence-corrected chi connectivity index (χ4v) is 3.16. The number of hydrogen-bond acceptors (Lipinski definition) is 7. The molecule has 0 amide bonds. The first kappa shape index (κ1) is 24.0. The number of aryl methyl sites for hydroxylation is 1. The summed E-state index contributed by atoms with van der Waals surface area (Å²) in [5.74, 6) is 0.739. The van der Waals surface area contributed by atoms with Crippen LogP contribution in [0.3, 0.4) is 0 Å². The van der Waals surface area contributed by atoms with E-state index in [0.29, 0.717) is 42.0 Å². The molecule has 0 saturated carbocycles. The lowest BCUT2D eigenvalue weighted by Gasteiger charge is -2.13. The van der Waals surface area contributed by atoms with Gasteiger partial charge >= 0.3 is 5.97 Å². The van der Waals surface area contributed by atoms with Gasteiger partial charge in [0, 0.05) is 18.6 Å². The monoisotopic (exact) mass is 452 g/mol. The van der Waals surface area contributed by atoms with Crippen molar-refractivity contribution in [2.24, 2.45) is 5.16 Å². The van der Waals surface area contributed by atoms with Crippen LogP contribution in [0.4, 0.5) is 0 Å². The highest BCUT2D eigenvalue weighted by Gasteiger charge is 2.19. The van der Waals surface area contributed by atoms with Crippen LogP contribution in [-0.2, 0) is 20.8 Å². The Kier molecular flexibility index (Phi) is 8.60. The molecule has 0 saturated heterocycles. The Bertz CT molecular complexity index is 1060. The van der Waals surface area contributed by atoms with Crippen molar-refractivity contribution in [3.8, 4) is 17.2 Å². The van der Waals surface area contributed by atoms with Gasteiger partial charge in [-0.05, 0) is 50.6 Å². The largest absolute Gasteiger partial charge is 0.487 e. The highest BCUT2D eigenvalue weighted by molar-refractivity contribution is 6.00. The number of rotatable bonds is 12. The average Bonchev–Trinajstić information content (AvgIpc) is 3.22. The molecule has 0 bridgehead atoms. The van der Waals surface area contributed by atoms with E-state index in [9.17, 15) is 9.90 Å². The second-order valence-corrected chi connectivity index (χ2v) is 7.16. The molecule has 33 heavy (non-hydrogen) atoms. The molecule has 0 aliphatic rings. The summed E-state index contributed by atoms with van der Waals surface area (Å²) in [4.78, 5) is 21.2. The van der Waals surface area contributed by atoms with Gasteiger partial charge in [-0.15, -0.1) is 0 Å². The van der Waals surface area contributed by atoms with Gasteiger partial charge in [-0.1, -0.05) is 35.5 Å². The molecule has 0 aliphatic heterocycles. The average molecular weight is 453 g/mol. The molecule has 0 spiro atoms. The van der Waals surface area contributed by atoms with Crippen molar-refractivity contribution in [3.63, 3.8) is 0 Å². The number of carbonyl (C=O) groups is 1. The van der Waals surface area contributed by atoms with E-state index in [4.69, 9.17) is 18.7 Å². The fraction of sp³-hybridized carbons (Fsp3) is 0.320. The first-order valence-corrected chi connectivity index (χ1v) is 10.8. The quantitative estimate of drug-likeness (QED) is 0.319. The van der Waals surface area contributed by atoms with E-state index in [2.05, 4.69) is 10.1 Å². The van der Waals surface area contributed by atoms with Crippen LogP contribution >= 0.6 is 0 Å². The second kappa shape index (κ2) is 11.8. The van der Waals surface area contributed by atoms with Crippen LogP contribution in [-0.4, -0.2) is 47.7 Å². The molecular weight excluding hydrogens is 424 g/mol. The molecule has 2 aromatic carbocycles. The van der Waals surface area contributed by atoms with Gasteiger partial charge in [0.25, 0.3) is 0 Å². The maximum atomic E-state index is 11.3. The van der Waals surface area contributed by atoms with E-state index >= 15 is 0 Å². The van der Waals surface area contributed by atoms with Gasteiger partial charge in [0.2, 0.25) is 5.89 Å². The second-order valence-electron chi connectivity index (χ2n) is 7.16. The van der Waals surface area contributed by atoms with Crippen molar-refractivity contribution in [2.45, 2.75) is 33.3 Å². The van der Waals surface area contributed by atoms with Gasteiger partial charge in [-0.25, -0.2) is 9.78 Å². The third-order valence-corrected chi connectivity index (χ3v) is 4.76. The van der Waals surface area contributed by atoms with E-state index < -0.39 is 12.1 Å². The minimum absolute atomic E-state index is 0.123. The Labute approximate surface area is 192 Å². The molecule has 8 heteroatoms. The van der Waals surface area contributed by atoms with Gasteiger partial charge in [-0.2, -0.15) is 0 Å². The summed E-state index contributed by atoms with van der Waals surface area (Å²) in [5, 5.41) is 13.4.